The van der Waals surface area contributed by atoms with Crippen LogP contribution in [-0.4, -0.2) is 70.4 Å². The van der Waals surface area contributed by atoms with Gasteiger partial charge in [0.1, 0.15) is 12.2 Å². The number of aromatic nitrogens is 5. The highest BCUT2D eigenvalue weighted by Crippen LogP contribution is 2.44. The van der Waals surface area contributed by atoms with Crippen LogP contribution in [0.3, 0.4) is 0 Å². The van der Waals surface area contributed by atoms with Gasteiger partial charge in [0.05, 0.1) is 12.1 Å². The molecule has 0 amide bonds. The van der Waals surface area contributed by atoms with Gasteiger partial charge in [-0.1, -0.05) is 42.1 Å². The second-order valence-electron chi connectivity index (χ2n) is 9.20. The number of anilines is 1. The number of nitrogens with one attached hydrogen (secondary N) is 1. The molecule has 2 heterocycles. The van der Waals surface area contributed by atoms with E-state index in [4.69, 9.17) is 4.98 Å². The average Bonchev–Trinajstić information content (AvgIpc) is 3.36. The van der Waals surface area contributed by atoms with Gasteiger partial charge in [-0.3, -0.25) is 0 Å². The third-order valence-electron chi connectivity index (χ3n) is 6.75. The monoisotopic (exact) mass is 470 g/mol. The van der Waals surface area contributed by atoms with Gasteiger partial charge in [-0.25, -0.2) is 14.6 Å². The van der Waals surface area contributed by atoms with Crippen LogP contribution in [0.2, 0.25) is 0 Å². The standard InChI is InChI=1S/C23H30N6O3S/c1-4-7-33-23-25-21(24-15-9-14(15)13-6-5-11(2)12(3)8-13)18-22(26-23)29(28-27-18)16-10-17(30)20(32)19(16)31/h5-6,8,14-17,19-20,30-32H,4,7,9-10H2,1-3H3,(H,24,25,26). The molecule has 176 valence electrons. The Morgan fingerprint density at radius 2 is 1.91 bits per heavy atom. The predicted octanol–water partition coefficient (Wildman–Crippen LogP) is 2.34. The van der Waals surface area contributed by atoms with Crippen molar-refractivity contribution in [1.29, 1.82) is 0 Å². The van der Waals surface area contributed by atoms with Crippen molar-refractivity contribution in [1.82, 2.24) is 25.0 Å². The topological polar surface area (TPSA) is 129 Å². The molecule has 9 nitrogen and oxygen atoms in total. The quantitative estimate of drug-likeness (QED) is 0.304. The van der Waals surface area contributed by atoms with Crippen molar-refractivity contribution in [3.8, 4) is 0 Å². The van der Waals surface area contributed by atoms with Crippen molar-refractivity contribution in [2.24, 2.45) is 0 Å². The Morgan fingerprint density at radius 1 is 1.09 bits per heavy atom. The van der Waals surface area contributed by atoms with Crippen molar-refractivity contribution >= 4 is 28.7 Å². The third kappa shape index (κ3) is 4.21. The molecular weight excluding hydrogens is 440 g/mol. The minimum atomic E-state index is -1.21. The van der Waals surface area contributed by atoms with Gasteiger partial charge in [0.2, 0.25) is 0 Å². The first-order valence-corrected chi connectivity index (χ1v) is 12.5. The molecule has 6 unspecified atom stereocenters. The number of thioether (sulfide) groups is 1. The van der Waals surface area contributed by atoms with Gasteiger partial charge in [-0.05, 0) is 43.4 Å². The van der Waals surface area contributed by atoms with Gasteiger partial charge >= 0.3 is 0 Å². The number of rotatable bonds is 7. The largest absolute Gasteiger partial charge is 0.390 e. The molecular formula is C23H30N6O3S. The summed E-state index contributed by atoms with van der Waals surface area (Å²) in [6.45, 7) is 6.36. The lowest BCUT2D eigenvalue weighted by molar-refractivity contribution is -0.0253. The zero-order valence-electron chi connectivity index (χ0n) is 19.0. The summed E-state index contributed by atoms with van der Waals surface area (Å²) in [7, 11) is 0. The van der Waals surface area contributed by atoms with Gasteiger partial charge in [0.25, 0.3) is 0 Å². The molecule has 0 bridgehead atoms. The van der Waals surface area contributed by atoms with E-state index in [0.717, 1.165) is 18.6 Å². The maximum atomic E-state index is 10.4. The van der Waals surface area contributed by atoms with Crippen molar-refractivity contribution in [3.05, 3.63) is 34.9 Å². The molecule has 2 saturated carbocycles. The van der Waals surface area contributed by atoms with E-state index in [-0.39, 0.29) is 12.5 Å². The Kier molecular flexibility index (Phi) is 6.02. The molecule has 10 heteroatoms. The van der Waals surface area contributed by atoms with Crippen LogP contribution in [0.25, 0.3) is 11.2 Å². The molecule has 2 aromatic heterocycles. The number of hydrogen-bond donors (Lipinski definition) is 4. The molecule has 2 aliphatic rings. The van der Waals surface area contributed by atoms with Crippen LogP contribution < -0.4 is 5.32 Å². The molecule has 0 saturated heterocycles. The molecule has 0 spiro atoms. The lowest BCUT2D eigenvalue weighted by Gasteiger charge is -2.16. The van der Waals surface area contributed by atoms with Crippen molar-refractivity contribution < 1.29 is 15.3 Å². The predicted molar refractivity (Wildman–Crippen MR) is 126 cm³/mol. The Labute approximate surface area is 196 Å². The molecule has 0 radical (unpaired) electrons. The van der Waals surface area contributed by atoms with Crippen LogP contribution in [-0.2, 0) is 0 Å². The zero-order chi connectivity index (χ0) is 23.3. The number of benzene rings is 1. The minimum absolute atomic E-state index is 0.183. The molecule has 1 aromatic carbocycles. The van der Waals surface area contributed by atoms with E-state index in [2.05, 4.69) is 59.6 Å². The van der Waals surface area contributed by atoms with Gasteiger partial charge < -0.3 is 20.6 Å². The van der Waals surface area contributed by atoms with E-state index < -0.39 is 24.4 Å². The molecule has 3 aromatic rings. The van der Waals surface area contributed by atoms with Crippen molar-refractivity contribution in [3.63, 3.8) is 0 Å². The molecule has 33 heavy (non-hydrogen) atoms. The van der Waals surface area contributed by atoms with Gasteiger partial charge in [-0.2, -0.15) is 0 Å². The Bertz CT molecular complexity index is 1170. The second-order valence-corrected chi connectivity index (χ2v) is 10.3. The Hall–Kier alpha value is -2.27. The summed E-state index contributed by atoms with van der Waals surface area (Å²) >= 11 is 1.56. The number of aliphatic hydroxyl groups excluding tert-OH is 3. The zero-order valence-corrected chi connectivity index (χ0v) is 19.8. The Balaban J connectivity index is 1.45. The fraction of sp³-hybridized carbons (Fsp3) is 0.565. The fourth-order valence-electron chi connectivity index (χ4n) is 4.51. The van der Waals surface area contributed by atoms with Gasteiger partial charge in [-0.15, -0.1) is 5.10 Å². The lowest BCUT2D eigenvalue weighted by atomic mass is 10.0. The van der Waals surface area contributed by atoms with Crippen LogP contribution in [0.15, 0.2) is 23.4 Å². The van der Waals surface area contributed by atoms with E-state index >= 15 is 0 Å². The highest BCUT2D eigenvalue weighted by Gasteiger charge is 2.44. The van der Waals surface area contributed by atoms with Gasteiger partial charge in [0, 0.05) is 24.1 Å². The lowest BCUT2D eigenvalue weighted by Crippen LogP contribution is -2.31. The number of fused-ring (bicyclic) bond motifs is 1. The van der Waals surface area contributed by atoms with Crippen molar-refractivity contribution in [2.75, 3.05) is 11.1 Å². The summed E-state index contributed by atoms with van der Waals surface area (Å²) in [5.41, 5.74) is 4.94. The van der Waals surface area contributed by atoms with Crippen LogP contribution in [0.4, 0.5) is 5.82 Å². The first kappa shape index (κ1) is 22.5. The Morgan fingerprint density at radius 3 is 2.61 bits per heavy atom. The van der Waals surface area contributed by atoms with E-state index in [1.165, 1.54) is 21.4 Å². The normalized spacial score (nSPS) is 29.0. The van der Waals surface area contributed by atoms with E-state index in [1.54, 1.807) is 11.8 Å². The average molecular weight is 471 g/mol. The maximum absolute atomic E-state index is 10.4. The number of hydrogen-bond acceptors (Lipinski definition) is 9. The van der Waals surface area contributed by atoms with Crippen LogP contribution in [0.5, 0.6) is 0 Å². The fourth-order valence-corrected chi connectivity index (χ4v) is 5.21. The second kappa shape index (κ2) is 8.83. The smallest absolute Gasteiger partial charge is 0.191 e. The number of aryl methyl sites for hydroxylation is 2. The summed E-state index contributed by atoms with van der Waals surface area (Å²) in [5, 5.41) is 43.2. The van der Waals surface area contributed by atoms with E-state index in [0.29, 0.717) is 28.1 Å². The summed E-state index contributed by atoms with van der Waals surface area (Å²) in [5.74, 6) is 1.93. The SMILES string of the molecule is CCCSc1nc(NC2CC2c2ccc(C)c(C)c2)c2nnn(C3CC(O)C(O)C3O)c2n1. The first-order valence-electron chi connectivity index (χ1n) is 11.5. The van der Waals surface area contributed by atoms with E-state index in [9.17, 15) is 15.3 Å². The molecule has 5 rings (SSSR count). The molecule has 6 atom stereocenters. The first-order chi connectivity index (χ1) is 15.9. The molecule has 4 N–H and O–H groups in total. The van der Waals surface area contributed by atoms with Crippen LogP contribution >= 0.6 is 11.8 Å². The highest BCUT2D eigenvalue weighted by molar-refractivity contribution is 7.99. The summed E-state index contributed by atoms with van der Waals surface area (Å²) in [4.78, 5) is 9.39. The van der Waals surface area contributed by atoms with E-state index in [1.807, 2.05) is 0 Å². The van der Waals surface area contributed by atoms with Crippen molar-refractivity contribution in [2.45, 2.75) is 81.5 Å². The summed E-state index contributed by atoms with van der Waals surface area (Å²) in [6.07, 6.45) is -1.18. The molecule has 2 fully saturated rings. The third-order valence-corrected chi connectivity index (χ3v) is 7.80. The maximum Gasteiger partial charge on any atom is 0.191 e. The number of nitrogens with zero attached hydrogens (tertiary/aromatic N) is 5. The van der Waals surface area contributed by atoms with Crippen LogP contribution in [0, 0.1) is 13.8 Å². The van der Waals surface area contributed by atoms with Crippen LogP contribution in [0.1, 0.15) is 54.8 Å². The van der Waals surface area contributed by atoms with Gasteiger partial charge in [0.15, 0.2) is 22.1 Å². The molecule has 2 aliphatic carbocycles. The summed E-state index contributed by atoms with van der Waals surface area (Å²) < 4.78 is 1.52. The highest BCUT2D eigenvalue weighted by atomic mass is 32.2. The molecule has 0 aliphatic heterocycles. The minimum Gasteiger partial charge on any atom is -0.390 e. The summed E-state index contributed by atoms with van der Waals surface area (Å²) in [6, 6.07) is 6.27. The number of aliphatic hydroxyl groups is 3.